The van der Waals surface area contributed by atoms with Crippen molar-refractivity contribution in [3.63, 3.8) is 0 Å². The van der Waals surface area contributed by atoms with E-state index in [1.54, 1.807) is 0 Å². The third-order valence-electron chi connectivity index (χ3n) is 4.62. The zero-order valence-corrected chi connectivity index (χ0v) is 14.1. The fourth-order valence-electron chi connectivity index (χ4n) is 3.30. The maximum Gasteiger partial charge on any atom is 0.319 e. The standard InChI is InChI=1S/C18H25N3O3/c1-2-17(22)21-9-3-4-13-5-6-15(12-16(13)21)20-18(23)19-14-7-10-24-11-8-14/h5-6,12,14H,2-4,7-11H2,1H3,(H2,19,20,23). The largest absolute Gasteiger partial charge is 0.381 e. The van der Waals surface area contributed by atoms with Crippen molar-refractivity contribution < 1.29 is 14.3 Å². The second-order valence-electron chi connectivity index (χ2n) is 6.33. The van der Waals surface area contributed by atoms with E-state index in [9.17, 15) is 9.59 Å². The number of fused-ring (bicyclic) bond motifs is 1. The Bertz CT molecular complexity index is 612. The Morgan fingerprint density at radius 3 is 2.83 bits per heavy atom. The molecule has 1 fully saturated rings. The number of rotatable bonds is 3. The summed E-state index contributed by atoms with van der Waals surface area (Å²) in [5.41, 5.74) is 2.81. The molecule has 24 heavy (non-hydrogen) atoms. The van der Waals surface area contributed by atoms with E-state index in [-0.39, 0.29) is 18.0 Å². The molecular weight excluding hydrogens is 306 g/mol. The Hall–Kier alpha value is -2.08. The summed E-state index contributed by atoms with van der Waals surface area (Å²) in [5, 5.41) is 5.87. The maximum absolute atomic E-state index is 12.2. The van der Waals surface area contributed by atoms with E-state index in [1.165, 1.54) is 5.56 Å². The van der Waals surface area contributed by atoms with Gasteiger partial charge in [-0.05, 0) is 43.4 Å². The fourth-order valence-corrected chi connectivity index (χ4v) is 3.30. The number of benzene rings is 1. The predicted octanol–water partition coefficient (Wildman–Crippen LogP) is 2.68. The molecule has 2 heterocycles. The number of aryl methyl sites for hydroxylation is 1. The average molecular weight is 331 g/mol. The molecule has 0 atom stereocenters. The normalized spacial score (nSPS) is 18.0. The van der Waals surface area contributed by atoms with E-state index < -0.39 is 0 Å². The van der Waals surface area contributed by atoms with E-state index in [2.05, 4.69) is 10.6 Å². The van der Waals surface area contributed by atoms with Crippen LogP contribution in [0.15, 0.2) is 18.2 Å². The van der Waals surface area contributed by atoms with Crippen LogP contribution in [0.25, 0.3) is 0 Å². The van der Waals surface area contributed by atoms with E-state index in [0.717, 1.165) is 37.9 Å². The molecule has 1 saturated heterocycles. The van der Waals surface area contributed by atoms with E-state index in [0.29, 0.717) is 25.3 Å². The summed E-state index contributed by atoms with van der Waals surface area (Å²) in [6, 6.07) is 5.78. The molecule has 0 radical (unpaired) electrons. The molecule has 130 valence electrons. The second kappa shape index (κ2) is 7.66. The number of hydrogen-bond acceptors (Lipinski definition) is 3. The average Bonchev–Trinajstić information content (AvgIpc) is 2.61. The number of nitrogens with zero attached hydrogens (tertiary/aromatic N) is 1. The molecule has 0 aromatic heterocycles. The van der Waals surface area contributed by atoms with Crippen LogP contribution in [0.1, 0.15) is 38.2 Å². The highest BCUT2D eigenvalue weighted by Crippen LogP contribution is 2.30. The molecule has 1 aromatic rings. The molecule has 3 rings (SSSR count). The third kappa shape index (κ3) is 3.87. The lowest BCUT2D eigenvalue weighted by atomic mass is 10.0. The Morgan fingerprint density at radius 2 is 2.08 bits per heavy atom. The van der Waals surface area contributed by atoms with Crippen LogP contribution in [0.4, 0.5) is 16.2 Å². The van der Waals surface area contributed by atoms with Gasteiger partial charge in [0.2, 0.25) is 5.91 Å². The van der Waals surface area contributed by atoms with Crippen molar-refractivity contribution in [1.82, 2.24) is 5.32 Å². The molecule has 0 aliphatic carbocycles. The zero-order chi connectivity index (χ0) is 16.9. The molecule has 6 heteroatoms. The van der Waals surface area contributed by atoms with Crippen LogP contribution in [-0.2, 0) is 16.0 Å². The van der Waals surface area contributed by atoms with Crippen LogP contribution < -0.4 is 15.5 Å². The lowest BCUT2D eigenvalue weighted by Crippen LogP contribution is -2.41. The zero-order valence-electron chi connectivity index (χ0n) is 14.1. The van der Waals surface area contributed by atoms with Gasteiger partial charge in [0.15, 0.2) is 0 Å². The quantitative estimate of drug-likeness (QED) is 0.894. The monoisotopic (exact) mass is 331 g/mol. The lowest BCUT2D eigenvalue weighted by Gasteiger charge is -2.30. The molecular formula is C18H25N3O3. The topological polar surface area (TPSA) is 70.7 Å². The van der Waals surface area contributed by atoms with Crippen LogP contribution in [0.2, 0.25) is 0 Å². The first-order chi connectivity index (χ1) is 11.7. The van der Waals surface area contributed by atoms with Crippen molar-refractivity contribution in [3.05, 3.63) is 23.8 Å². The number of anilines is 2. The third-order valence-corrected chi connectivity index (χ3v) is 4.62. The number of carbonyl (C=O) groups excluding carboxylic acids is 2. The summed E-state index contributed by atoms with van der Waals surface area (Å²) >= 11 is 0. The van der Waals surface area contributed by atoms with Crippen molar-refractivity contribution in [1.29, 1.82) is 0 Å². The first-order valence-electron chi connectivity index (χ1n) is 8.76. The van der Waals surface area contributed by atoms with Gasteiger partial charge in [0.25, 0.3) is 0 Å². The van der Waals surface area contributed by atoms with Crippen LogP contribution in [-0.4, -0.2) is 37.7 Å². The van der Waals surface area contributed by atoms with Gasteiger partial charge in [0.1, 0.15) is 0 Å². The van der Waals surface area contributed by atoms with Gasteiger partial charge < -0.3 is 20.3 Å². The molecule has 3 amide bonds. The molecule has 6 nitrogen and oxygen atoms in total. The van der Waals surface area contributed by atoms with Crippen molar-refractivity contribution in [2.45, 2.75) is 45.1 Å². The highest BCUT2D eigenvalue weighted by Gasteiger charge is 2.22. The molecule has 2 N–H and O–H groups in total. The summed E-state index contributed by atoms with van der Waals surface area (Å²) in [6.07, 6.45) is 4.13. The minimum absolute atomic E-state index is 0.125. The molecule has 0 bridgehead atoms. The smallest absolute Gasteiger partial charge is 0.319 e. The Labute approximate surface area is 142 Å². The minimum atomic E-state index is -0.203. The molecule has 2 aliphatic heterocycles. The SMILES string of the molecule is CCC(=O)N1CCCc2ccc(NC(=O)NC3CCOCC3)cc21. The van der Waals surface area contributed by atoms with Crippen LogP contribution >= 0.6 is 0 Å². The first-order valence-corrected chi connectivity index (χ1v) is 8.76. The number of urea groups is 1. The Kier molecular flexibility index (Phi) is 5.35. The van der Waals surface area contributed by atoms with Gasteiger partial charge in [-0.2, -0.15) is 0 Å². The highest BCUT2D eigenvalue weighted by molar-refractivity contribution is 5.96. The maximum atomic E-state index is 12.2. The summed E-state index contributed by atoms with van der Waals surface area (Å²) in [6.45, 7) is 4.01. The number of carbonyl (C=O) groups is 2. The minimum Gasteiger partial charge on any atom is -0.381 e. The van der Waals surface area contributed by atoms with Crippen LogP contribution in [0.5, 0.6) is 0 Å². The van der Waals surface area contributed by atoms with E-state index in [1.807, 2.05) is 30.0 Å². The summed E-state index contributed by atoms with van der Waals surface area (Å²) in [5.74, 6) is 0.125. The number of nitrogens with one attached hydrogen (secondary N) is 2. The number of amides is 3. The first kappa shape index (κ1) is 16.8. The summed E-state index contributed by atoms with van der Waals surface area (Å²) < 4.78 is 5.30. The van der Waals surface area contributed by atoms with Crippen molar-refractivity contribution in [3.8, 4) is 0 Å². The summed E-state index contributed by atoms with van der Waals surface area (Å²) in [7, 11) is 0. The molecule has 0 spiro atoms. The van der Waals surface area contributed by atoms with Gasteiger partial charge in [-0.15, -0.1) is 0 Å². The highest BCUT2D eigenvalue weighted by atomic mass is 16.5. The van der Waals surface area contributed by atoms with Gasteiger partial charge in [-0.1, -0.05) is 13.0 Å². The predicted molar refractivity (Wildman–Crippen MR) is 93.4 cm³/mol. The van der Waals surface area contributed by atoms with Gasteiger partial charge in [0, 0.05) is 43.6 Å². The van der Waals surface area contributed by atoms with Gasteiger partial charge in [0.05, 0.1) is 0 Å². The molecule has 1 aromatic carbocycles. The van der Waals surface area contributed by atoms with Crippen LogP contribution in [0, 0.1) is 0 Å². The summed E-state index contributed by atoms with van der Waals surface area (Å²) in [4.78, 5) is 26.2. The second-order valence-corrected chi connectivity index (χ2v) is 6.33. The molecule has 0 unspecified atom stereocenters. The van der Waals surface area contributed by atoms with Crippen molar-refractivity contribution in [2.24, 2.45) is 0 Å². The molecule has 2 aliphatic rings. The van der Waals surface area contributed by atoms with Crippen LogP contribution in [0.3, 0.4) is 0 Å². The van der Waals surface area contributed by atoms with Gasteiger partial charge >= 0.3 is 6.03 Å². The molecule has 0 saturated carbocycles. The van der Waals surface area contributed by atoms with Gasteiger partial charge in [-0.25, -0.2) is 4.79 Å². The van der Waals surface area contributed by atoms with Crippen molar-refractivity contribution >= 4 is 23.3 Å². The lowest BCUT2D eigenvalue weighted by molar-refractivity contribution is -0.118. The van der Waals surface area contributed by atoms with Crippen molar-refractivity contribution in [2.75, 3.05) is 30.0 Å². The van der Waals surface area contributed by atoms with Gasteiger partial charge in [-0.3, -0.25) is 4.79 Å². The number of hydrogen-bond donors (Lipinski definition) is 2. The Morgan fingerprint density at radius 1 is 1.29 bits per heavy atom. The van der Waals surface area contributed by atoms with E-state index in [4.69, 9.17) is 4.74 Å². The number of ether oxygens (including phenoxy) is 1. The van der Waals surface area contributed by atoms with E-state index >= 15 is 0 Å². The fraction of sp³-hybridized carbons (Fsp3) is 0.556. The Balaban J connectivity index is 1.68.